The number of urea groups is 1. The zero-order valence-electron chi connectivity index (χ0n) is 15.5. The highest BCUT2D eigenvalue weighted by atomic mass is 19.4. The van der Waals surface area contributed by atoms with Crippen molar-refractivity contribution in [3.63, 3.8) is 0 Å². The first-order valence-electron chi connectivity index (χ1n) is 8.99. The van der Waals surface area contributed by atoms with Crippen molar-refractivity contribution in [2.24, 2.45) is 22.0 Å². The minimum absolute atomic E-state index is 0.0674. The molecule has 1 spiro atoms. The van der Waals surface area contributed by atoms with Gasteiger partial charge in [0.2, 0.25) is 5.96 Å². The van der Waals surface area contributed by atoms with Gasteiger partial charge < -0.3 is 10.6 Å². The third-order valence-corrected chi connectivity index (χ3v) is 5.80. The number of carbonyl (C=O) groups is 1. The Morgan fingerprint density at radius 1 is 1.29 bits per heavy atom. The van der Waals surface area contributed by atoms with Crippen molar-refractivity contribution in [1.29, 1.82) is 0 Å². The third-order valence-electron chi connectivity index (χ3n) is 5.80. The fraction of sp³-hybridized carbons (Fsp3) is 0.556. The summed E-state index contributed by atoms with van der Waals surface area (Å²) in [6.45, 7) is 0.948. The first kappa shape index (κ1) is 20.4. The minimum Gasteiger partial charge on any atom is -0.368 e. The quantitative estimate of drug-likeness (QED) is 0.249. The number of hydrazine groups is 1. The van der Waals surface area contributed by atoms with Gasteiger partial charge in [-0.1, -0.05) is 12.1 Å². The topological polar surface area (TPSA) is 88.0 Å². The van der Waals surface area contributed by atoms with Crippen molar-refractivity contribution in [2.75, 3.05) is 20.1 Å². The maximum absolute atomic E-state index is 14.3. The van der Waals surface area contributed by atoms with Crippen LogP contribution in [-0.4, -0.2) is 42.0 Å². The lowest BCUT2D eigenvalue weighted by atomic mass is 9.56. The molecule has 1 aliphatic carbocycles. The predicted octanol–water partition coefficient (Wildman–Crippen LogP) is 3.04. The lowest BCUT2D eigenvalue weighted by molar-refractivity contribution is -0.140. The molecule has 2 fully saturated rings. The number of piperidine rings is 1. The van der Waals surface area contributed by atoms with Gasteiger partial charge in [0.05, 0.1) is 5.56 Å². The van der Waals surface area contributed by atoms with Gasteiger partial charge in [-0.05, 0) is 48.6 Å². The summed E-state index contributed by atoms with van der Waals surface area (Å²) in [4.78, 5) is 17.4. The van der Waals surface area contributed by atoms with Crippen LogP contribution >= 0.6 is 0 Å². The number of alkyl halides is 3. The number of hydrogen-bond donors (Lipinski definition) is 2. The highest BCUT2D eigenvalue weighted by Crippen LogP contribution is 2.57. The van der Waals surface area contributed by atoms with E-state index in [9.17, 15) is 22.4 Å². The number of guanidine groups is 1. The molecule has 1 aliphatic heterocycles. The van der Waals surface area contributed by atoms with Crippen LogP contribution in [0.5, 0.6) is 0 Å². The smallest absolute Gasteiger partial charge is 0.368 e. The number of benzene rings is 1. The Bertz CT molecular complexity index is 777. The van der Waals surface area contributed by atoms with Crippen molar-refractivity contribution in [3.05, 3.63) is 35.1 Å². The molecule has 3 rings (SSSR count). The standard InChI is InChI=1S/C18H23F4N5O/c1-26(24)15(23)25-16(28)27-7-5-17(6-8-27)9-11(10-17)12-3-2-4-13(14(12)19)18(20,21)22/h2-4,11H,5-10,24H2,1H3,(H2,23,25,28). The zero-order chi connectivity index (χ0) is 20.7. The number of rotatable bonds is 1. The molecular formula is C18H23F4N5O. The number of aliphatic imine (C=N–C) groups is 1. The van der Waals surface area contributed by atoms with Crippen molar-refractivity contribution in [3.8, 4) is 0 Å². The van der Waals surface area contributed by atoms with Gasteiger partial charge in [-0.2, -0.15) is 18.2 Å². The minimum atomic E-state index is -4.70. The molecule has 0 bridgehead atoms. The maximum Gasteiger partial charge on any atom is 0.419 e. The molecule has 0 radical (unpaired) electrons. The van der Waals surface area contributed by atoms with Gasteiger partial charge in [0.1, 0.15) is 5.82 Å². The highest BCUT2D eigenvalue weighted by Gasteiger charge is 2.48. The molecule has 1 heterocycles. The molecular weight excluding hydrogens is 378 g/mol. The molecule has 1 aromatic carbocycles. The van der Waals surface area contributed by atoms with Crippen LogP contribution in [0.1, 0.15) is 42.7 Å². The second-order valence-corrected chi connectivity index (χ2v) is 7.66. The first-order chi connectivity index (χ1) is 13.0. The van der Waals surface area contributed by atoms with Gasteiger partial charge in [0, 0.05) is 20.1 Å². The Morgan fingerprint density at radius 2 is 1.89 bits per heavy atom. The molecule has 1 aromatic rings. The van der Waals surface area contributed by atoms with E-state index in [1.165, 1.54) is 19.2 Å². The largest absolute Gasteiger partial charge is 0.419 e. The van der Waals surface area contributed by atoms with Gasteiger partial charge in [-0.25, -0.2) is 15.0 Å². The van der Waals surface area contributed by atoms with Crippen LogP contribution in [0.2, 0.25) is 0 Å². The summed E-state index contributed by atoms with van der Waals surface area (Å²) < 4.78 is 53.1. The number of nitrogens with two attached hydrogens (primary N) is 2. The Kier molecular flexibility index (Phi) is 5.26. The lowest BCUT2D eigenvalue weighted by Gasteiger charge is -2.52. The van der Waals surface area contributed by atoms with Gasteiger partial charge in [-0.15, -0.1) is 0 Å². The molecule has 4 N–H and O–H groups in total. The van der Waals surface area contributed by atoms with Crippen LogP contribution in [0.15, 0.2) is 23.2 Å². The maximum atomic E-state index is 14.3. The first-order valence-corrected chi connectivity index (χ1v) is 8.99. The molecule has 10 heteroatoms. The van der Waals surface area contributed by atoms with E-state index < -0.39 is 23.6 Å². The van der Waals surface area contributed by atoms with Crippen LogP contribution in [-0.2, 0) is 6.18 Å². The summed E-state index contributed by atoms with van der Waals surface area (Å²) in [5, 5.41) is 1.05. The van der Waals surface area contributed by atoms with Gasteiger partial charge in [0.15, 0.2) is 0 Å². The molecule has 154 valence electrons. The Balaban J connectivity index is 1.61. The van der Waals surface area contributed by atoms with Crippen LogP contribution in [0, 0.1) is 11.2 Å². The zero-order valence-corrected chi connectivity index (χ0v) is 15.5. The second-order valence-electron chi connectivity index (χ2n) is 7.66. The fourth-order valence-corrected chi connectivity index (χ4v) is 4.12. The van der Waals surface area contributed by atoms with Crippen LogP contribution in [0.4, 0.5) is 22.4 Å². The Morgan fingerprint density at radius 3 is 2.43 bits per heavy atom. The van der Waals surface area contributed by atoms with Crippen LogP contribution < -0.4 is 11.6 Å². The van der Waals surface area contributed by atoms with E-state index in [1.807, 2.05) is 0 Å². The van der Waals surface area contributed by atoms with E-state index in [-0.39, 0.29) is 22.9 Å². The number of amides is 2. The number of carbonyl (C=O) groups excluding carboxylic acids is 1. The summed E-state index contributed by atoms with van der Waals surface area (Å²) in [5.74, 6) is 3.92. The second kappa shape index (κ2) is 7.23. The average molecular weight is 401 g/mol. The van der Waals surface area contributed by atoms with E-state index in [1.54, 1.807) is 4.90 Å². The summed E-state index contributed by atoms with van der Waals surface area (Å²) >= 11 is 0. The summed E-state index contributed by atoms with van der Waals surface area (Å²) in [5.41, 5.74) is 4.39. The van der Waals surface area contributed by atoms with E-state index in [0.29, 0.717) is 38.8 Å². The van der Waals surface area contributed by atoms with Crippen molar-refractivity contribution in [2.45, 2.75) is 37.8 Å². The van der Waals surface area contributed by atoms with E-state index in [4.69, 9.17) is 11.6 Å². The molecule has 0 atom stereocenters. The predicted molar refractivity (Wildman–Crippen MR) is 95.6 cm³/mol. The number of halogens is 4. The van der Waals surface area contributed by atoms with Gasteiger partial charge in [0.25, 0.3) is 0 Å². The molecule has 6 nitrogen and oxygen atoms in total. The molecule has 0 aromatic heterocycles. The SMILES string of the molecule is CN(N)/C(N)=N\C(=O)N1CCC2(CC1)CC(c1cccc(C(F)(F)F)c1F)C2. The molecule has 2 amide bonds. The lowest BCUT2D eigenvalue weighted by Crippen LogP contribution is -2.48. The summed E-state index contributed by atoms with van der Waals surface area (Å²) in [6, 6.07) is 2.98. The van der Waals surface area contributed by atoms with Crippen molar-refractivity contribution >= 4 is 12.0 Å². The summed E-state index contributed by atoms with van der Waals surface area (Å²) in [7, 11) is 1.47. The van der Waals surface area contributed by atoms with E-state index >= 15 is 0 Å². The molecule has 1 saturated carbocycles. The van der Waals surface area contributed by atoms with E-state index in [2.05, 4.69) is 4.99 Å². The number of hydrogen-bond acceptors (Lipinski definition) is 2. The van der Waals surface area contributed by atoms with E-state index in [0.717, 1.165) is 11.1 Å². The summed E-state index contributed by atoms with van der Waals surface area (Å²) in [6.07, 6.45) is -2.07. The van der Waals surface area contributed by atoms with Crippen LogP contribution in [0.3, 0.4) is 0 Å². The molecule has 2 aliphatic rings. The number of nitrogens with zero attached hydrogens (tertiary/aromatic N) is 3. The Labute approximate surface area is 160 Å². The normalized spacial score (nSPS) is 20.2. The molecule has 0 unspecified atom stereocenters. The third kappa shape index (κ3) is 3.91. The van der Waals surface area contributed by atoms with Crippen molar-refractivity contribution in [1.82, 2.24) is 9.91 Å². The van der Waals surface area contributed by atoms with Crippen LogP contribution in [0.25, 0.3) is 0 Å². The monoisotopic (exact) mass is 401 g/mol. The van der Waals surface area contributed by atoms with Gasteiger partial charge >= 0.3 is 12.2 Å². The van der Waals surface area contributed by atoms with Crippen molar-refractivity contribution < 1.29 is 22.4 Å². The average Bonchev–Trinajstić information content (AvgIpc) is 2.59. The number of likely N-dealkylation sites (tertiary alicyclic amines) is 1. The molecule has 1 saturated heterocycles. The van der Waals surface area contributed by atoms with Gasteiger partial charge in [-0.3, -0.25) is 5.01 Å². The Hall–Kier alpha value is -2.36. The highest BCUT2D eigenvalue weighted by molar-refractivity contribution is 5.91. The fourth-order valence-electron chi connectivity index (χ4n) is 4.12. The molecule has 28 heavy (non-hydrogen) atoms.